The van der Waals surface area contributed by atoms with E-state index in [2.05, 4.69) is 77.1 Å². The van der Waals surface area contributed by atoms with Gasteiger partial charge in [0.25, 0.3) is 0 Å². The van der Waals surface area contributed by atoms with Crippen LogP contribution in [0.25, 0.3) is 61.6 Å². The van der Waals surface area contributed by atoms with Gasteiger partial charge in [-0.15, -0.1) is 45.3 Å². The molecule has 4 aromatic heterocycles. The molecule has 0 N–H and O–H groups in total. The number of carbonyl (C=O) groups excluding carboxylic acids is 1. The first-order valence-electron chi connectivity index (χ1n) is 28.7. The van der Waals surface area contributed by atoms with Crippen LogP contribution in [0.15, 0.2) is 42.5 Å². The molecular formula is C63H88O4S4. The summed E-state index contributed by atoms with van der Waals surface area (Å²) in [6.07, 6.45) is 38.7. The van der Waals surface area contributed by atoms with E-state index in [1.165, 1.54) is 217 Å². The smallest absolute Gasteiger partial charge is 0.348 e. The number of benzene rings is 3. The van der Waals surface area contributed by atoms with Gasteiger partial charge in [0.15, 0.2) is 0 Å². The predicted molar refractivity (Wildman–Crippen MR) is 317 cm³/mol. The Kier molecular flexibility index (Phi) is 23.7. The van der Waals surface area contributed by atoms with E-state index >= 15 is 0 Å². The lowest BCUT2D eigenvalue weighted by Crippen LogP contribution is -2.04. The summed E-state index contributed by atoms with van der Waals surface area (Å²) in [6, 6.07) is 16.3. The van der Waals surface area contributed by atoms with Crippen molar-refractivity contribution in [1.82, 2.24) is 0 Å². The van der Waals surface area contributed by atoms with Crippen molar-refractivity contribution in [2.24, 2.45) is 0 Å². The maximum absolute atomic E-state index is 13.4. The molecule has 0 aliphatic heterocycles. The Labute approximate surface area is 444 Å². The monoisotopic (exact) mass is 1040 g/mol. The Morgan fingerprint density at radius 1 is 0.408 bits per heavy atom. The molecule has 4 nitrogen and oxygen atoms in total. The van der Waals surface area contributed by atoms with Crippen molar-refractivity contribution < 1.29 is 19.0 Å². The fourth-order valence-corrected chi connectivity index (χ4v) is 14.9. The Bertz CT molecular complexity index is 2560. The molecule has 0 aliphatic carbocycles. The van der Waals surface area contributed by atoms with Gasteiger partial charge in [-0.05, 0) is 86.3 Å². The zero-order valence-electron chi connectivity index (χ0n) is 44.6. The van der Waals surface area contributed by atoms with Crippen molar-refractivity contribution in [2.75, 3.05) is 19.8 Å². The Morgan fingerprint density at radius 2 is 0.817 bits per heavy atom. The first-order valence-corrected chi connectivity index (χ1v) is 32.0. The molecule has 7 rings (SSSR count). The average molecular weight is 1040 g/mol. The summed E-state index contributed by atoms with van der Waals surface area (Å²) in [5.74, 6) is 1.80. The maximum atomic E-state index is 13.4. The van der Waals surface area contributed by atoms with Crippen LogP contribution in [0.4, 0.5) is 0 Å². The van der Waals surface area contributed by atoms with Crippen molar-refractivity contribution in [2.45, 2.75) is 227 Å². The minimum absolute atomic E-state index is 0.183. The van der Waals surface area contributed by atoms with Gasteiger partial charge in [-0.25, -0.2) is 4.79 Å². The molecule has 0 spiro atoms. The molecule has 0 amide bonds. The normalized spacial score (nSPS) is 12.0. The summed E-state index contributed by atoms with van der Waals surface area (Å²) in [5.41, 5.74) is 0. The molecule has 0 bridgehead atoms. The fourth-order valence-electron chi connectivity index (χ4n) is 10.5. The molecule has 0 fully saturated rings. The van der Waals surface area contributed by atoms with E-state index in [4.69, 9.17) is 14.2 Å². The van der Waals surface area contributed by atoms with E-state index in [9.17, 15) is 4.79 Å². The summed E-state index contributed by atoms with van der Waals surface area (Å²) in [6.45, 7) is 13.2. The highest BCUT2D eigenvalue weighted by atomic mass is 32.1. The lowest BCUT2D eigenvalue weighted by molar-refractivity contribution is 0.0503. The van der Waals surface area contributed by atoms with E-state index < -0.39 is 0 Å². The second-order valence-electron chi connectivity index (χ2n) is 20.7. The first kappa shape index (κ1) is 55.6. The molecule has 0 saturated heterocycles. The third-order valence-electron chi connectivity index (χ3n) is 14.6. The molecule has 0 atom stereocenters. The molecular weight excluding hydrogens is 949 g/mol. The minimum Gasteiger partial charge on any atom is -0.492 e. The van der Waals surface area contributed by atoms with Crippen molar-refractivity contribution in [3.8, 4) is 21.3 Å². The van der Waals surface area contributed by atoms with Crippen LogP contribution in [0.2, 0.25) is 0 Å². The van der Waals surface area contributed by atoms with Crippen LogP contribution < -0.4 is 9.47 Å². The summed E-state index contributed by atoms with van der Waals surface area (Å²) in [7, 11) is 0. The second-order valence-corrected chi connectivity index (χ2v) is 25.4. The third-order valence-corrected chi connectivity index (χ3v) is 19.4. The van der Waals surface area contributed by atoms with Gasteiger partial charge in [0.2, 0.25) is 0 Å². The summed E-state index contributed by atoms with van der Waals surface area (Å²) in [4.78, 5) is 19.2. The number of carbonyl (C=O) groups is 1. The second kappa shape index (κ2) is 30.3. The van der Waals surface area contributed by atoms with E-state index in [1.54, 1.807) is 11.3 Å². The predicted octanol–water partition coefficient (Wildman–Crippen LogP) is 22.7. The lowest BCUT2D eigenvalue weighted by atomic mass is 9.98. The van der Waals surface area contributed by atoms with E-state index in [-0.39, 0.29) is 5.97 Å². The number of esters is 1. The number of hydrogen-bond donors (Lipinski definition) is 0. The topological polar surface area (TPSA) is 44.8 Å². The summed E-state index contributed by atoms with van der Waals surface area (Å²) < 4.78 is 23.7. The standard InChI is InChI=1S/C63H88O4S4/c1-6-9-12-15-18-21-24-27-30-33-36-65-59-50-40-48-39-46(4)68-55(48)43-52(50)60(66-37-34-31-28-25-22-19-16-13-10-7-2)51-41-49-42-57(70-56(49)44-53(51)59)62-54-45-58(71-61(54)47(5)69-62)63(64)67-38-35-32-29-26-23-20-17-14-11-8-3/h39-45H,6-38H2,1-5H3. The van der Waals surface area contributed by atoms with Gasteiger partial charge < -0.3 is 14.2 Å². The van der Waals surface area contributed by atoms with Gasteiger partial charge in [0.1, 0.15) is 16.4 Å². The molecule has 0 saturated carbocycles. The number of ether oxygens (including phenoxy) is 3. The molecule has 0 radical (unpaired) electrons. The molecule has 4 heterocycles. The SMILES string of the molecule is CCCCCCCCCCCCOC(=O)c1cc2c(-c3cc4cc5c(OCCCCCCCCCCCC)c6cc7sc(C)cc7cc6c(OCCCCCCCCCCCC)c5cc4s3)sc(C)c2s1. The van der Waals surface area contributed by atoms with Gasteiger partial charge in [-0.1, -0.05) is 194 Å². The number of thiophene rings is 4. The molecule has 3 aromatic carbocycles. The zero-order valence-corrected chi connectivity index (χ0v) is 47.9. The van der Waals surface area contributed by atoms with Gasteiger partial charge in [0, 0.05) is 55.7 Å². The Hall–Kier alpha value is -3.17. The molecule has 8 heteroatoms. The molecule has 7 aromatic rings. The van der Waals surface area contributed by atoms with E-state index in [0.29, 0.717) is 24.7 Å². The van der Waals surface area contributed by atoms with Gasteiger partial charge in [0.05, 0.1) is 24.7 Å². The molecule has 388 valence electrons. The maximum Gasteiger partial charge on any atom is 0.348 e. The van der Waals surface area contributed by atoms with Crippen LogP contribution in [-0.4, -0.2) is 25.8 Å². The van der Waals surface area contributed by atoms with Crippen LogP contribution in [-0.2, 0) is 4.74 Å². The average Bonchev–Trinajstić information content (AvgIpc) is 4.16. The minimum atomic E-state index is -0.183. The fraction of sp³-hybridized carbons (Fsp3) is 0.603. The summed E-state index contributed by atoms with van der Waals surface area (Å²) in [5, 5.41) is 8.27. The molecule has 0 aliphatic rings. The number of hydrogen-bond acceptors (Lipinski definition) is 8. The molecule has 71 heavy (non-hydrogen) atoms. The van der Waals surface area contributed by atoms with Crippen LogP contribution in [0.5, 0.6) is 11.5 Å². The molecule has 0 unspecified atom stereocenters. The number of fused-ring (bicyclic) bond motifs is 5. The van der Waals surface area contributed by atoms with Gasteiger partial charge >= 0.3 is 5.97 Å². The van der Waals surface area contributed by atoms with Gasteiger partial charge in [-0.3, -0.25) is 0 Å². The number of aryl methyl sites for hydroxylation is 2. The Balaban J connectivity index is 1.11. The van der Waals surface area contributed by atoms with Crippen molar-refractivity contribution in [3.05, 3.63) is 57.1 Å². The lowest BCUT2D eigenvalue weighted by Gasteiger charge is -2.19. The van der Waals surface area contributed by atoms with Crippen LogP contribution in [0.1, 0.15) is 233 Å². The largest absolute Gasteiger partial charge is 0.492 e. The third kappa shape index (κ3) is 16.2. The highest BCUT2D eigenvalue weighted by Crippen LogP contribution is 2.50. The van der Waals surface area contributed by atoms with E-state index in [0.717, 1.165) is 58.7 Å². The Morgan fingerprint density at radius 3 is 1.30 bits per heavy atom. The van der Waals surface area contributed by atoms with Crippen LogP contribution in [0.3, 0.4) is 0 Å². The highest BCUT2D eigenvalue weighted by Gasteiger charge is 2.23. The number of unbranched alkanes of at least 4 members (excludes halogenated alkanes) is 27. The van der Waals surface area contributed by atoms with Crippen LogP contribution >= 0.6 is 45.3 Å². The quantitative estimate of drug-likeness (QED) is 0.0221. The highest BCUT2D eigenvalue weighted by molar-refractivity contribution is 7.30. The van der Waals surface area contributed by atoms with Gasteiger partial charge in [-0.2, -0.15) is 0 Å². The van der Waals surface area contributed by atoms with E-state index in [1.807, 2.05) is 34.0 Å². The van der Waals surface area contributed by atoms with Crippen molar-refractivity contribution in [1.29, 1.82) is 0 Å². The number of rotatable bonds is 37. The first-order chi connectivity index (χ1) is 34.9. The van der Waals surface area contributed by atoms with Crippen molar-refractivity contribution >= 4 is 103 Å². The summed E-state index contributed by atoms with van der Waals surface area (Å²) >= 11 is 7.15. The zero-order chi connectivity index (χ0) is 49.6. The van der Waals surface area contributed by atoms with Crippen LogP contribution in [0, 0.1) is 13.8 Å². The van der Waals surface area contributed by atoms with Crippen molar-refractivity contribution in [3.63, 3.8) is 0 Å².